The van der Waals surface area contributed by atoms with Gasteiger partial charge in [-0.3, -0.25) is 9.59 Å². The van der Waals surface area contributed by atoms with Gasteiger partial charge in [0.25, 0.3) is 5.91 Å². The van der Waals surface area contributed by atoms with Crippen molar-refractivity contribution in [2.75, 3.05) is 38.0 Å². The summed E-state index contributed by atoms with van der Waals surface area (Å²) >= 11 is 0. The van der Waals surface area contributed by atoms with Gasteiger partial charge < -0.3 is 20.9 Å². The molecule has 1 fully saturated rings. The van der Waals surface area contributed by atoms with Gasteiger partial charge in [0.05, 0.1) is 6.42 Å². The van der Waals surface area contributed by atoms with Crippen LogP contribution in [0.2, 0.25) is 0 Å². The third-order valence-electron chi connectivity index (χ3n) is 6.86. The van der Waals surface area contributed by atoms with Gasteiger partial charge in [-0.25, -0.2) is 4.52 Å². The minimum absolute atomic E-state index is 0.0156. The molecule has 0 saturated carbocycles. The molecule has 2 aliphatic heterocycles. The standard InChI is InChI=1S/C26H28F3N7O2/c27-26(28,29)10-7-22(37)34-12-8-18(9-13-34)21-2-1-11-36-23(21)32-25(33-36)31-20-5-3-19(4-6-20)24(38)35-15-17(14-30)16-35/h1-6,8,11,17H,7,9-10,12-16,30H2,(H,31,33). The van der Waals surface area contributed by atoms with Gasteiger partial charge in [0, 0.05) is 61.5 Å². The molecule has 4 heterocycles. The van der Waals surface area contributed by atoms with Gasteiger partial charge in [-0.05, 0) is 54.9 Å². The number of halogens is 3. The van der Waals surface area contributed by atoms with Crippen LogP contribution in [0.1, 0.15) is 35.2 Å². The van der Waals surface area contributed by atoms with Crippen LogP contribution in [0.4, 0.5) is 24.8 Å². The predicted molar refractivity (Wildman–Crippen MR) is 136 cm³/mol. The number of carbonyl (C=O) groups excluding carboxylic acids is 2. The summed E-state index contributed by atoms with van der Waals surface area (Å²) in [7, 11) is 0. The number of nitrogens with one attached hydrogen (secondary N) is 1. The Kier molecular flexibility index (Phi) is 7.06. The Morgan fingerprint density at radius 1 is 1.11 bits per heavy atom. The topological polar surface area (TPSA) is 109 Å². The Morgan fingerprint density at radius 2 is 1.87 bits per heavy atom. The van der Waals surface area contributed by atoms with E-state index in [2.05, 4.69) is 15.4 Å². The van der Waals surface area contributed by atoms with E-state index in [-0.39, 0.29) is 12.5 Å². The molecule has 3 aromatic rings. The molecule has 3 N–H and O–H groups in total. The van der Waals surface area contributed by atoms with E-state index in [1.165, 1.54) is 4.90 Å². The predicted octanol–water partition coefficient (Wildman–Crippen LogP) is 3.46. The first-order valence-electron chi connectivity index (χ1n) is 12.5. The molecule has 0 aliphatic carbocycles. The average molecular weight is 528 g/mol. The fourth-order valence-electron chi connectivity index (χ4n) is 4.65. The van der Waals surface area contributed by atoms with E-state index >= 15 is 0 Å². The van der Waals surface area contributed by atoms with E-state index in [1.54, 1.807) is 39.9 Å². The van der Waals surface area contributed by atoms with Crippen molar-refractivity contribution in [1.29, 1.82) is 0 Å². The molecule has 1 aromatic carbocycles. The molecule has 0 bridgehead atoms. The van der Waals surface area contributed by atoms with E-state index in [9.17, 15) is 22.8 Å². The zero-order chi connectivity index (χ0) is 26.9. The lowest BCUT2D eigenvalue weighted by Crippen LogP contribution is -2.52. The van der Waals surface area contributed by atoms with Crippen LogP contribution in [0.5, 0.6) is 0 Å². The van der Waals surface area contributed by atoms with Crippen molar-refractivity contribution in [2.24, 2.45) is 11.7 Å². The molecular weight excluding hydrogens is 499 g/mol. The third kappa shape index (κ3) is 5.64. The molecule has 0 unspecified atom stereocenters. The van der Waals surface area contributed by atoms with Crippen molar-refractivity contribution in [2.45, 2.75) is 25.4 Å². The number of benzene rings is 1. The number of pyridine rings is 1. The summed E-state index contributed by atoms with van der Waals surface area (Å²) in [5.74, 6) is 0.241. The summed E-state index contributed by atoms with van der Waals surface area (Å²) in [4.78, 5) is 32.6. The third-order valence-corrected chi connectivity index (χ3v) is 6.86. The maximum absolute atomic E-state index is 12.6. The first-order valence-corrected chi connectivity index (χ1v) is 12.5. The second-order valence-corrected chi connectivity index (χ2v) is 9.57. The summed E-state index contributed by atoms with van der Waals surface area (Å²) in [5, 5.41) is 7.65. The number of rotatable bonds is 7. The number of likely N-dealkylation sites (tertiary alicyclic amines) is 1. The number of aromatic nitrogens is 3. The lowest BCUT2D eigenvalue weighted by atomic mass is 9.99. The van der Waals surface area contributed by atoms with Crippen LogP contribution in [0.25, 0.3) is 11.2 Å². The maximum atomic E-state index is 12.6. The van der Waals surface area contributed by atoms with Crippen LogP contribution < -0.4 is 11.1 Å². The first kappa shape index (κ1) is 25.7. The number of amides is 2. The lowest BCUT2D eigenvalue weighted by molar-refractivity contribution is -0.148. The fourth-order valence-corrected chi connectivity index (χ4v) is 4.65. The van der Waals surface area contributed by atoms with Gasteiger partial charge >= 0.3 is 6.18 Å². The summed E-state index contributed by atoms with van der Waals surface area (Å²) in [6, 6.07) is 10.9. The molecule has 9 nitrogen and oxygen atoms in total. The van der Waals surface area contributed by atoms with Crippen LogP contribution in [-0.4, -0.2) is 75.1 Å². The van der Waals surface area contributed by atoms with Crippen molar-refractivity contribution in [3.63, 3.8) is 0 Å². The Morgan fingerprint density at radius 3 is 2.53 bits per heavy atom. The number of hydrogen-bond donors (Lipinski definition) is 2. The Hall–Kier alpha value is -3.93. The average Bonchev–Trinajstić information content (AvgIpc) is 3.29. The van der Waals surface area contributed by atoms with E-state index in [1.807, 2.05) is 18.2 Å². The quantitative estimate of drug-likeness (QED) is 0.487. The normalized spacial score (nSPS) is 16.4. The largest absolute Gasteiger partial charge is 0.389 e. The number of nitrogens with two attached hydrogens (primary N) is 1. The number of alkyl halides is 3. The minimum atomic E-state index is -4.34. The van der Waals surface area contributed by atoms with E-state index < -0.39 is 24.9 Å². The Bertz CT molecular complexity index is 1360. The molecule has 2 amide bonds. The summed E-state index contributed by atoms with van der Waals surface area (Å²) in [5.41, 5.74) is 9.40. The Labute approximate surface area is 217 Å². The highest BCUT2D eigenvalue weighted by Gasteiger charge is 2.31. The fraction of sp³-hybridized carbons (Fsp3) is 0.385. The molecule has 12 heteroatoms. The summed E-state index contributed by atoms with van der Waals surface area (Å²) in [6.45, 7) is 2.55. The smallest absolute Gasteiger partial charge is 0.339 e. The SMILES string of the molecule is NCC1CN(C(=O)c2ccc(Nc3nc4c(C5=CCN(C(=O)CCC(F)(F)F)CC5)cccn4n3)cc2)C1. The number of hydrogen-bond acceptors (Lipinski definition) is 6. The van der Waals surface area contributed by atoms with Crippen LogP contribution in [-0.2, 0) is 4.79 Å². The van der Waals surface area contributed by atoms with Gasteiger partial charge in [-0.1, -0.05) is 6.08 Å². The lowest BCUT2D eigenvalue weighted by Gasteiger charge is -2.38. The number of nitrogens with zero attached hydrogens (tertiary/aromatic N) is 5. The van der Waals surface area contributed by atoms with Crippen LogP contribution in [0.3, 0.4) is 0 Å². The number of fused-ring (bicyclic) bond motifs is 1. The van der Waals surface area contributed by atoms with Gasteiger partial charge in [-0.15, -0.1) is 5.10 Å². The molecule has 38 heavy (non-hydrogen) atoms. The molecule has 5 rings (SSSR count). The number of carbonyl (C=O) groups is 2. The van der Waals surface area contributed by atoms with E-state index in [0.717, 1.165) is 16.8 Å². The van der Waals surface area contributed by atoms with Gasteiger partial charge in [-0.2, -0.15) is 18.2 Å². The van der Waals surface area contributed by atoms with Gasteiger partial charge in [0.2, 0.25) is 11.9 Å². The van der Waals surface area contributed by atoms with E-state index in [4.69, 9.17) is 5.73 Å². The highest BCUT2D eigenvalue weighted by atomic mass is 19.4. The van der Waals surface area contributed by atoms with Crippen LogP contribution in [0.15, 0.2) is 48.7 Å². The molecule has 0 radical (unpaired) electrons. The summed E-state index contributed by atoms with van der Waals surface area (Å²) < 4.78 is 39.0. The van der Waals surface area contributed by atoms with Crippen LogP contribution >= 0.6 is 0 Å². The van der Waals surface area contributed by atoms with Crippen LogP contribution in [0, 0.1) is 5.92 Å². The molecule has 0 spiro atoms. The molecule has 2 aromatic heterocycles. The van der Waals surface area contributed by atoms with Crippen molar-refractivity contribution in [1.82, 2.24) is 24.4 Å². The van der Waals surface area contributed by atoms with Crippen molar-refractivity contribution in [3.05, 3.63) is 59.8 Å². The summed E-state index contributed by atoms with van der Waals surface area (Å²) in [6.07, 6.45) is -1.86. The zero-order valence-electron chi connectivity index (χ0n) is 20.6. The van der Waals surface area contributed by atoms with Crippen molar-refractivity contribution < 1.29 is 22.8 Å². The molecule has 200 valence electrons. The van der Waals surface area contributed by atoms with Crippen molar-refractivity contribution in [3.8, 4) is 0 Å². The molecule has 2 aliphatic rings. The minimum Gasteiger partial charge on any atom is -0.339 e. The highest BCUT2D eigenvalue weighted by Crippen LogP contribution is 2.28. The number of anilines is 2. The van der Waals surface area contributed by atoms with E-state index in [0.29, 0.717) is 55.7 Å². The molecule has 1 saturated heterocycles. The first-order chi connectivity index (χ1) is 18.2. The highest BCUT2D eigenvalue weighted by molar-refractivity contribution is 5.95. The van der Waals surface area contributed by atoms with Crippen molar-refractivity contribution >= 4 is 34.7 Å². The monoisotopic (exact) mass is 527 g/mol. The zero-order valence-corrected chi connectivity index (χ0v) is 20.6. The second kappa shape index (κ2) is 10.4. The van der Waals surface area contributed by atoms with Gasteiger partial charge in [0.1, 0.15) is 0 Å². The Balaban J connectivity index is 1.24. The molecular formula is C26H28F3N7O2. The maximum Gasteiger partial charge on any atom is 0.389 e. The van der Waals surface area contributed by atoms with Gasteiger partial charge in [0.15, 0.2) is 5.65 Å². The molecule has 0 atom stereocenters. The second-order valence-electron chi connectivity index (χ2n) is 9.57.